The van der Waals surface area contributed by atoms with Crippen LogP contribution >= 0.6 is 0 Å². The van der Waals surface area contributed by atoms with E-state index >= 15 is 0 Å². The Morgan fingerprint density at radius 2 is 1.60 bits per heavy atom. The molecule has 0 aromatic heterocycles. The van der Waals surface area contributed by atoms with Gasteiger partial charge in [0.05, 0.1) is 10.5 Å². The van der Waals surface area contributed by atoms with E-state index in [2.05, 4.69) is 11.6 Å². The van der Waals surface area contributed by atoms with Gasteiger partial charge in [0.2, 0.25) is 0 Å². The highest BCUT2D eigenvalue weighted by atomic mass is 32.2. The zero-order valence-electron chi connectivity index (χ0n) is 14.2. The first-order chi connectivity index (χ1) is 11.9. The molecule has 0 radical (unpaired) electrons. The summed E-state index contributed by atoms with van der Waals surface area (Å²) in [5, 5.41) is 8.87. The second-order valence-corrected chi connectivity index (χ2v) is 7.63. The Morgan fingerprint density at radius 1 is 0.960 bits per heavy atom. The number of sulfonamides is 1. The molecule has 134 valence electrons. The van der Waals surface area contributed by atoms with Crippen LogP contribution in [-0.4, -0.2) is 19.5 Å². The molecule has 0 saturated carbocycles. The number of aromatic carboxylic acids is 1. The molecule has 0 heterocycles. The molecule has 2 rings (SSSR count). The van der Waals surface area contributed by atoms with Crippen LogP contribution in [0.3, 0.4) is 0 Å². The number of carboxylic acids is 1. The Kier molecular flexibility index (Phi) is 6.58. The number of hydrogen-bond donors (Lipinski definition) is 2. The van der Waals surface area contributed by atoms with Crippen LogP contribution in [0.25, 0.3) is 0 Å². The van der Waals surface area contributed by atoms with Gasteiger partial charge in [0, 0.05) is 5.69 Å². The normalized spacial score (nSPS) is 11.2. The predicted octanol–water partition coefficient (Wildman–Crippen LogP) is 4.31. The molecule has 25 heavy (non-hydrogen) atoms. The van der Waals surface area contributed by atoms with Crippen molar-refractivity contribution in [1.29, 1.82) is 0 Å². The summed E-state index contributed by atoms with van der Waals surface area (Å²) in [6.45, 7) is 2.17. The maximum Gasteiger partial charge on any atom is 0.335 e. The molecule has 2 aromatic rings. The SMILES string of the molecule is CCCCCCc1ccc(S(=O)(=O)Nc2ccc(C(=O)O)cc2)cc1. The number of unbranched alkanes of at least 4 members (excludes halogenated alkanes) is 3. The number of rotatable bonds is 9. The average molecular weight is 361 g/mol. The molecule has 0 aliphatic heterocycles. The lowest BCUT2D eigenvalue weighted by Gasteiger charge is -2.09. The van der Waals surface area contributed by atoms with Gasteiger partial charge >= 0.3 is 5.97 Å². The number of carboxylic acid groups (broad SMARTS) is 1. The Morgan fingerprint density at radius 3 is 2.16 bits per heavy atom. The maximum absolute atomic E-state index is 12.4. The lowest BCUT2D eigenvalue weighted by Crippen LogP contribution is -2.13. The van der Waals surface area contributed by atoms with E-state index in [1.807, 2.05) is 12.1 Å². The van der Waals surface area contributed by atoms with Gasteiger partial charge in [0.25, 0.3) is 10.0 Å². The monoisotopic (exact) mass is 361 g/mol. The molecular formula is C19H23NO4S. The number of benzene rings is 2. The van der Waals surface area contributed by atoms with E-state index in [9.17, 15) is 13.2 Å². The number of carbonyl (C=O) groups is 1. The molecule has 0 atom stereocenters. The van der Waals surface area contributed by atoms with Crippen LogP contribution in [-0.2, 0) is 16.4 Å². The Bertz CT molecular complexity index is 796. The van der Waals surface area contributed by atoms with Crippen LogP contribution in [0.1, 0.15) is 48.5 Å². The molecular weight excluding hydrogens is 338 g/mol. The molecule has 0 fully saturated rings. The van der Waals surface area contributed by atoms with Gasteiger partial charge in [-0.3, -0.25) is 4.72 Å². The third-order valence-electron chi connectivity index (χ3n) is 3.94. The third kappa shape index (κ3) is 5.60. The van der Waals surface area contributed by atoms with Crippen molar-refractivity contribution in [3.63, 3.8) is 0 Å². The minimum absolute atomic E-state index is 0.107. The molecule has 2 aromatic carbocycles. The van der Waals surface area contributed by atoms with Crippen molar-refractivity contribution in [1.82, 2.24) is 0 Å². The third-order valence-corrected chi connectivity index (χ3v) is 5.33. The van der Waals surface area contributed by atoms with E-state index in [4.69, 9.17) is 5.11 Å². The molecule has 0 aliphatic rings. The number of anilines is 1. The summed E-state index contributed by atoms with van der Waals surface area (Å²) in [6.07, 6.45) is 5.65. The molecule has 0 saturated heterocycles. The second kappa shape index (κ2) is 8.67. The summed E-state index contributed by atoms with van der Waals surface area (Å²) in [5.74, 6) is -1.05. The van der Waals surface area contributed by atoms with Gasteiger partial charge in [0.1, 0.15) is 0 Å². The Balaban J connectivity index is 2.02. The lowest BCUT2D eigenvalue weighted by molar-refractivity contribution is 0.0697. The smallest absolute Gasteiger partial charge is 0.335 e. The first-order valence-corrected chi connectivity index (χ1v) is 9.86. The van der Waals surface area contributed by atoms with Gasteiger partial charge in [-0.05, 0) is 54.8 Å². The summed E-state index contributed by atoms with van der Waals surface area (Å²) >= 11 is 0. The lowest BCUT2D eigenvalue weighted by atomic mass is 10.1. The standard InChI is InChI=1S/C19H23NO4S/c1-2-3-4-5-6-15-7-13-18(14-8-15)25(23,24)20-17-11-9-16(10-12-17)19(21)22/h7-14,20H,2-6H2,1H3,(H,21,22). The van der Waals surface area contributed by atoms with Gasteiger partial charge in [-0.1, -0.05) is 38.3 Å². The van der Waals surface area contributed by atoms with Crippen molar-refractivity contribution in [3.05, 3.63) is 59.7 Å². The molecule has 0 spiro atoms. The second-order valence-electron chi connectivity index (χ2n) is 5.94. The average Bonchev–Trinajstić information content (AvgIpc) is 2.59. The summed E-state index contributed by atoms with van der Waals surface area (Å²) in [7, 11) is -3.69. The topological polar surface area (TPSA) is 83.5 Å². The summed E-state index contributed by atoms with van der Waals surface area (Å²) < 4.78 is 27.3. The number of aryl methyl sites for hydroxylation is 1. The van der Waals surface area contributed by atoms with Crippen molar-refractivity contribution >= 4 is 21.7 Å². The van der Waals surface area contributed by atoms with Gasteiger partial charge < -0.3 is 5.11 Å². The fourth-order valence-corrected chi connectivity index (χ4v) is 3.54. The van der Waals surface area contributed by atoms with Gasteiger partial charge in [-0.25, -0.2) is 13.2 Å². The highest BCUT2D eigenvalue weighted by Crippen LogP contribution is 2.18. The van der Waals surface area contributed by atoms with Crippen molar-refractivity contribution in [2.24, 2.45) is 0 Å². The Hall–Kier alpha value is -2.34. The van der Waals surface area contributed by atoms with Crippen LogP contribution in [0.2, 0.25) is 0 Å². The van der Waals surface area contributed by atoms with E-state index in [-0.39, 0.29) is 10.5 Å². The molecule has 0 unspecified atom stereocenters. The molecule has 0 aliphatic carbocycles. The zero-order chi connectivity index (χ0) is 18.3. The van der Waals surface area contributed by atoms with E-state index in [1.165, 1.54) is 43.5 Å². The van der Waals surface area contributed by atoms with Crippen LogP contribution in [0.15, 0.2) is 53.4 Å². The fourth-order valence-electron chi connectivity index (χ4n) is 2.49. The molecule has 0 amide bonds. The van der Waals surface area contributed by atoms with Gasteiger partial charge in [-0.2, -0.15) is 0 Å². The van der Waals surface area contributed by atoms with Crippen molar-refractivity contribution in [2.75, 3.05) is 4.72 Å². The van der Waals surface area contributed by atoms with Crippen molar-refractivity contribution in [3.8, 4) is 0 Å². The summed E-state index contributed by atoms with van der Waals surface area (Å²) in [4.78, 5) is 11.0. The molecule has 5 nitrogen and oxygen atoms in total. The highest BCUT2D eigenvalue weighted by molar-refractivity contribution is 7.92. The van der Waals surface area contributed by atoms with Crippen LogP contribution < -0.4 is 4.72 Å². The quantitative estimate of drug-likeness (QED) is 0.652. The summed E-state index contributed by atoms with van der Waals surface area (Å²) in [6, 6.07) is 12.5. The number of hydrogen-bond acceptors (Lipinski definition) is 3. The van der Waals surface area contributed by atoms with Crippen molar-refractivity contribution < 1.29 is 18.3 Å². The molecule has 0 bridgehead atoms. The Labute approximate surface area is 148 Å². The van der Waals surface area contributed by atoms with E-state index in [0.717, 1.165) is 18.4 Å². The largest absolute Gasteiger partial charge is 0.478 e. The zero-order valence-corrected chi connectivity index (χ0v) is 15.1. The van der Waals surface area contributed by atoms with E-state index in [1.54, 1.807) is 12.1 Å². The molecule has 6 heteroatoms. The van der Waals surface area contributed by atoms with Gasteiger partial charge in [0.15, 0.2) is 0 Å². The first-order valence-electron chi connectivity index (χ1n) is 8.37. The number of nitrogens with one attached hydrogen (secondary N) is 1. The van der Waals surface area contributed by atoms with E-state index < -0.39 is 16.0 Å². The molecule has 2 N–H and O–H groups in total. The van der Waals surface area contributed by atoms with Crippen molar-refractivity contribution in [2.45, 2.75) is 43.9 Å². The van der Waals surface area contributed by atoms with Gasteiger partial charge in [-0.15, -0.1) is 0 Å². The highest BCUT2D eigenvalue weighted by Gasteiger charge is 2.14. The predicted molar refractivity (Wildman–Crippen MR) is 98.5 cm³/mol. The van der Waals surface area contributed by atoms with E-state index in [0.29, 0.717) is 5.69 Å². The first kappa shape index (κ1) is 19.0. The van der Waals surface area contributed by atoms with Crippen LogP contribution in [0.5, 0.6) is 0 Å². The minimum atomic E-state index is -3.69. The summed E-state index contributed by atoms with van der Waals surface area (Å²) in [5.41, 5.74) is 1.56. The minimum Gasteiger partial charge on any atom is -0.478 e. The maximum atomic E-state index is 12.4. The van der Waals surface area contributed by atoms with Crippen LogP contribution in [0, 0.1) is 0 Å². The fraction of sp³-hybridized carbons (Fsp3) is 0.316. The van der Waals surface area contributed by atoms with Crippen LogP contribution in [0.4, 0.5) is 5.69 Å².